The van der Waals surface area contributed by atoms with E-state index in [1.54, 1.807) is 12.1 Å². The van der Waals surface area contributed by atoms with E-state index in [0.717, 1.165) is 5.56 Å². The molecule has 0 spiro atoms. The van der Waals surface area contributed by atoms with Crippen LogP contribution in [0.1, 0.15) is 26.3 Å². The third-order valence-electron chi connectivity index (χ3n) is 1.83. The van der Waals surface area contributed by atoms with E-state index >= 15 is 0 Å². The van der Waals surface area contributed by atoms with Gasteiger partial charge in [-0.3, -0.25) is 10.2 Å². The molecule has 1 aromatic carbocycles. The molecule has 3 nitrogen and oxygen atoms in total. The van der Waals surface area contributed by atoms with E-state index in [0.29, 0.717) is 11.4 Å². The monoisotopic (exact) mass is 240 g/mol. The van der Waals surface area contributed by atoms with Gasteiger partial charge in [0.15, 0.2) is 0 Å². The molecule has 0 heterocycles. The van der Waals surface area contributed by atoms with E-state index < -0.39 is 0 Å². The summed E-state index contributed by atoms with van der Waals surface area (Å²) >= 11 is 5.83. The Morgan fingerprint density at radius 2 is 2.06 bits per heavy atom. The summed E-state index contributed by atoms with van der Waals surface area (Å²) in [6, 6.07) is 7.29. The normalized spacial score (nSPS) is 11.2. The molecule has 0 bridgehead atoms. The molecule has 1 amide bonds. The Hall–Kier alpha value is -1.06. The lowest BCUT2D eigenvalue weighted by atomic mass is 10.1. The smallest absolute Gasteiger partial charge is 0.238 e. The predicted molar refractivity (Wildman–Crippen MR) is 66.2 cm³/mol. The summed E-state index contributed by atoms with van der Waals surface area (Å²) < 4.78 is 0. The number of amides is 1. The number of carbonyl (C=O) groups is 1. The van der Waals surface area contributed by atoms with Crippen LogP contribution < -0.4 is 10.9 Å². The van der Waals surface area contributed by atoms with Crippen LogP contribution in [-0.2, 0) is 11.2 Å². The van der Waals surface area contributed by atoms with E-state index in [1.807, 2.05) is 32.9 Å². The Morgan fingerprint density at radius 3 is 2.62 bits per heavy atom. The van der Waals surface area contributed by atoms with Crippen molar-refractivity contribution in [2.24, 2.45) is 0 Å². The minimum Gasteiger partial charge on any atom is -0.291 e. The highest BCUT2D eigenvalue weighted by molar-refractivity contribution is 6.30. The maximum absolute atomic E-state index is 11.6. The average Bonchev–Trinajstić information content (AvgIpc) is 2.14. The standard InChI is InChI=1S/C12H17ClN2O/c1-12(2,3)15-14-11(16)8-9-5-4-6-10(13)7-9/h4-7,15H,8H2,1-3H3,(H,14,16). The second kappa shape index (κ2) is 5.32. The van der Waals surface area contributed by atoms with Crippen LogP contribution in [0, 0.1) is 0 Å². The zero-order valence-corrected chi connectivity index (χ0v) is 10.6. The molecule has 0 aromatic heterocycles. The molecule has 4 heteroatoms. The minimum absolute atomic E-state index is 0.0720. The van der Waals surface area contributed by atoms with Gasteiger partial charge < -0.3 is 0 Å². The Labute approximate surface area is 101 Å². The van der Waals surface area contributed by atoms with E-state index in [4.69, 9.17) is 11.6 Å². The molecule has 0 aliphatic heterocycles. The molecule has 1 aromatic rings. The fraction of sp³-hybridized carbons (Fsp3) is 0.417. The summed E-state index contributed by atoms with van der Waals surface area (Å²) in [7, 11) is 0. The van der Waals surface area contributed by atoms with Gasteiger partial charge in [0.25, 0.3) is 0 Å². The molecule has 2 N–H and O–H groups in total. The SMILES string of the molecule is CC(C)(C)NNC(=O)Cc1cccc(Cl)c1. The molecule has 0 saturated carbocycles. The first kappa shape index (κ1) is 13.0. The Kier molecular flexibility index (Phi) is 4.33. The highest BCUT2D eigenvalue weighted by atomic mass is 35.5. The largest absolute Gasteiger partial charge is 0.291 e. The lowest BCUT2D eigenvalue weighted by molar-refractivity contribution is -0.121. The topological polar surface area (TPSA) is 41.1 Å². The van der Waals surface area contributed by atoms with Crippen molar-refractivity contribution in [3.05, 3.63) is 34.9 Å². The number of rotatable bonds is 3. The van der Waals surface area contributed by atoms with Crippen LogP contribution in [0.15, 0.2) is 24.3 Å². The number of hydrogen-bond donors (Lipinski definition) is 2. The molecule has 0 aliphatic rings. The second-order valence-corrected chi connectivity index (χ2v) is 5.17. The summed E-state index contributed by atoms with van der Waals surface area (Å²) in [5.74, 6) is -0.0720. The van der Waals surface area contributed by atoms with Gasteiger partial charge in [-0.25, -0.2) is 5.43 Å². The van der Waals surface area contributed by atoms with E-state index in [2.05, 4.69) is 10.9 Å². The molecule has 0 radical (unpaired) electrons. The Balaban J connectivity index is 2.46. The number of hydrazine groups is 1. The fourth-order valence-electron chi connectivity index (χ4n) is 1.13. The molecule has 0 saturated heterocycles. The van der Waals surface area contributed by atoms with Gasteiger partial charge in [-0.15, -0.1) is 0 Å². The van der Waals surface area contributed by atoms with Crippen molar-refractivity contribution < 1.29 is 4.79 Å². The van der Waals surface area contributed by atoms with Crippen LogP contribution in [0.25, 0.3) is 0 Å². The maximum atomic E-state index is 11.6. The number of hydrogen-bond acceptors (Lipinski definition) is 2. The number of benzene rings is 1. The Bertz CT molecular complexity index is 372. The van der Waals surface area contributed by atoms with Gasteiger partial charge in [0.1, 0.15) is 0 Å². The van der Waals surface area contributed by atoms with Gasteiger partial charge >= 0.3 is 0 Å². The van der Waals surface area contributed by atoms with Crippen molar-refractivity contribution in [1.29, 1.82) is 0 Å². The van der Waals surface area contributed by atoms with Crippen molar-refractivity contribution in [2.45, 2.75) is 32.7 Å². The van der Waals surface area contributed by atoms with E-state index in [-0.39, 0.29) is 11.4 Å². The van der Waals surface area contributed by atoms with Crippen molar-refractivity contribution >= 4 is 17.5 Å². The maximum Gasteiger partial charge on any atom is 0.238 e. The third kappa shape index (κ3) is 5.14. The molecular formula is C12H17ClN2O. The van der Waals surface area contributed by atoms with E-state index in [1.165, 1.54) is 0 Å². The first-order valence-electron chi connectivity index (χ1n) is 5.17. The summed E-state index contributed by atoms with van der Waals surface area (Å²) in [5.41, 5.74) is 6.35. The summed E-state index contributed by atoms with van der Waals surface area (Å²) in [5, 5.41) is 0.647. The second-order valence-electron chi connectivity index (χ2n) is 4.73. The van der Waals surface area contributed by atoms with Gasteiger partial charge in [0.2, 0.25) is 5.91 Å². The highest BCUT2D eigenvalue weighted by Gasteiger charge is 2.10. The van der Waals surface area contributed by atoms with E-state index in [9.17, 15) is 4.79 Å². The molecule has 0 unspecified atom stereocenters. The van der Waals surface area contributed by atoms with Crippen molar-refractivity contribution in [2.75, 3.05) is 0 Å². The molecule has 16 heavy (non-hydrogen) atoms. The Morgan fingerprint density at radius 1 is 1.38 bits per heavy atom. The number of carbonyl (C=O) groups excluding carboxylic acids is 1. The van der Waals surface area contributed by atoms with Gasteiger partial charge in [-0.2, -0.15) is 0 Å². The molecule has 88 valence electrons. The van der Waals surface area contributed by atoms with Gasteiger partial charge in [-0.05, 0) is 38.5 Å². The van der Waals surface area contributed by atoms with Crippen LogP contribution in [-0.4, -0.2) is 11.4 Å². The third-order valence-corrected chi connectivity index (χ3v) is 2.07. The summed E-state index contributed by atoms with van der Waals surface area (Å²) in [6.45, 7) is 5.94. The van der Waals surface area contributed by atoms with Crippen molar-refractivity contribution in [1.82, 2.24) is 10.9 Å². The predicted octanol–water partition coefficient (Wildman–Crippen LogP) is 2.30. The lowest BCUT2D eigenvalue weighted by Gasteiger charge is -2.20. The van der Waals surface area contributed by atoms with Crippen LogP contribution in [0.5, 0.6) is 0 Å². The van der Waals surface area contributed by atoms with Crippen LogP contribution >= 0.6 is 11.6 Å². The quantitative estimate of drug-likeness (QED) is 0.796. The lowest BCUT2D eigenvalue weighted by Crippen LogP contribution is -2.49. The molecule has 0 fully saturated rings. The first-order valence-corrected chi connectivity index (χ1v) is 5.55. The zero-order chi connectivity index (χ0) is 12.2. The molecule has 0 atom stereocenters. The van der Waals surface area contributed by atoms with Gasteiger partial charge in [0, 0.05) is 10.6 Å². The summed E-state index contributed by atoms with van der Waals surface area (Å²) in [6.07, 6.45) is 0.323. The average molecular weight is 241 g/mol. The minimum atomic E-state index is -0.135. The molecular weight excluding hydrogens is 224 g/mol. The van der Waals surface area contributed by atoms with Gasteiger partial charge in [0.05, 0.1) is 6.42 Å². The zero-order valence-electron chi connectivity index (χ0n) is 9.80. The first-order chi connectivity index (χ1) is 7.37. The van der Waals surface area contributed by atoms with Crippen LogP contribution in [0.2, 0.25) is 5.02 Å². The molecule has 1 rings (SSSR count). The number of nitrogens with one attached hydrogen (secondary N) is 2. The summed E-state index contributed by atoms with van der Waals surface area (Å²) in [4.78, 5) is 11.6. The van der Waals surface area contributed by atoms with Crippen LogP contribution in [0.4, 0.5) is 0 Å². The van der Waals surface area contributed by atoms with Crippen molar-refractivity contribution in [3.63, 3.8) is 0 Å². The number of halogens is 1. The van der Waals surface area contributed by atoms with Gasteiger partial charge in [-0.1, -0.05) is 23.7 Å². The van der Waals surface area contributed by atoms with Crippen LogP contribution in [0.3, 0.4) is 0 Å². The molecule has 0 aliphatic carbocycles. The fourth-order valence-corrected chi connectivity index (χ4v) is 1.35. The van der Waals surface area contributed by atoms with Crippen molar-refractivity contribution in [3.8, 4) is 0 Å². The highest BCUT2D eigenvalue weighted by Crippen LogP contribution is 2.10.